The molecule has 176 valence electrons. The number of anilines is 2. The van der Waals surface area contributed by atoms with Crippen molar-refractivity contribution in [3.8, 4) is 11.5 Å². The average molecular weight is 510 g/mol. The summed E-state index contributed by atoms with van der Waals surface area (Å²) in [6, 6.07) is 9.90. The smallest absolute Gasteiger partial charge is 0.234 e. The van der Waals surface area contributed by atoms with Crippen molar-refractivity contribution in [2.45, 2.75) is 19.0 Å². The molecule has 0 aliphatic carbocycles. The number of amides is 1. The van der Waals surface area contributed by atoms with Crippen LogP contribution >= 0.6 is 23.4 Å². The Hall–Kier alpha value is -2.43. The molecule has 1 amide bonds. The summed E-state index contributed by atoms with van der Waals surface area (Å²) < 4.78 is 35.5. The largest absolute Gasteiger partial charge is 0.497 e. The third-order valence-corrected chi connectivity index (χ3v) is 8.70. The highest BCUT2D eigenvalue weighted by atomic mass is 35.5. The van der Waals surface area contributed by atoms with Gasteiger partial charge in [0, 0.05) is 16.8 Å². The summed E-state index contributed by atoms with van der Waals surface area (Å²) in [5.41, 5.74) is 2.09. The number of aliphatic imine (C=N–C) groups is 1. The number of hydrogen-bond acceptors (Lipinski definition) is 8. The standard InChI is InChI=1S/C22H24ClN3O5S2/c1-13-15(23)5-4-6-16(13)24-21(27)10-32-22-25-17-11-33(28,29)12-19(17)26(22)18-9-14(30-2)7-8-20(18)31-3/h4-9,17,19H,10-12H2,1-3H3,(H,24,27)/t17-,19-/m1/s1. The second-order valence-corrected chi connectivity index (χ2v) is 11.3. The fraction of sp³-hybridized carbons (Fsp3) is 0.364. The predicted octanol–water partition coefficient (Wildman–Crippen LogP) is 3.38. The van der Waals surface area contributed by atoms with E-state index in [9.17, 15) is 13.2 Å². The number of hydrogen-bond donors (Lipinski definition) is 1. The van der Waals surface area contributed by atoms with Crippen LogP contribution in [0.25, 0.3) is 0 Å². The molecular weight excluding hydrogens is 486 g/mol. The Bertz CT molecular complexity index is 1220. The van der Waals surface area contributed by atoms with Crippen molar-refractivity contribution >= 4 is 55.6 Å². The molecule has 1 fully saturated rings. The van der Waals surface area contributed by atoms with Gasteiger partial charge in [0.05, 0.1) is 49.2 Å². The van der Waals surface area contributed by atoms with Crippen molar-refractivity contribution in [1.82, 2.24) is 0 Å². The molecule has 0 spiro atoms. The summed E-state index contributed by atoms with van der Waals surface area (Å²) in [5, 5.41) is 4.02. The molecule has 1 N–H and O–H groups in total. The van der Waals surface area contributed by atoms with Crippen LogP contribution in [0.3, 0.4) is 0 Å². The summed E-state index contributed by atoms with van der Waals surface area (Å²) in [5.74, 6) is 1.02. The van der Waals surface area contributed by atoms with Gasteiger partial charge in [-0.15, -0.1) is 0 Å². The zero-order chi connectivity index (χ0) is 23.8. The van der Waals surface area contributed by atoms with Crippen molar-refractivity contribution in [3.05, 3.63) is 47.0 Å². The van der Waals surface area contributed by atoms with Crippen LogP contribution in [0.15, 0.2) is 41.4 Å². The summed E-state index contributed by atoms with van der Waals surface area (Å²) in [7, 11) is -0.0974. The Morgan fingerprint density at radius 2 is 2.03 bits per heavy atom. The van der Waals surface area contributed by atoms with E-state index in [4.69, 9.17) is 21.1 Å². The van der Waals surface area contributed by atoms with Gasteiger partial charge in [0.25, 0.3) is 0 Å². The van der Waals surface area contributed by atoms with E-state index in [1.807, 2.05) is 11.8 Å². The quantitative estimate of drug-likeness (QED) is 0.637. The predicted molar refractivity (Wildman–Crippen MR) is 133 cm³/mol. The molecule has 2 aliphatic heterocycles. The van der Waals surface area contributed by atoms with Gasteiger partial charge in [0.15, 0.2) is 15.0 Å². The van der Waals surface area contributed by atoms with Gasteiger partial charge < -0.3 is 19.7 Å². The molecule has 2 atom stereocenters. The summed E-state index contributed by atoms with van der Waals surface area (Å²) in [4.78, 5) is 19.2. The first-order valence-corrected chi connectivity index (χ1v) is 13.4. The Labute approximate surface area is 202 Å². The van der Waals surface area contributed by atoms with Crippen LogP contribution in [0.4, 0.5) is 11.4 Å². The van der Waals surface area contributed by atoms with Crippen LogP contribution in [-0.2, 0) is 14.6 Å². The van der Waals surface area contributed by atoms with Gasteiger partial charge in [0.2, 0.25) is 5.91 Å². The molecule has 8 nitrogen and oxygen atoms in total. The van der Waals surface area contributed by atoms with Crippen LogP contribution in [0.5, 0.6) is 11.5 Å². The Morgan fingerprint density at radius 1 is 1.24 bits per heavy atom. The number of nitrogens with zero attached hydrogens (tertiary/aromatic N) is 2. The molecule has 2 aromatic carbocycles. The molecular formula is C22H24ClN3O5S2. The van der Waals surface area contributed by atoms with E-state index >= 15 is 0 Å². The minimum Gasteiger partial charge on any atom is -0.497 e. The molecule has 2 aliphatic rings. The number of thioether (sulfide) groups is 1. The van der Waals surface area contributed by atoms with Crippen molar-refractivity contribution < 1.29 is 22.7 Å². The third-order valence-electron chi connectivity index (χ3n) is 5.63. The average Bonchev–Trinajstić information content (AvgIpc) is 3.25. The minimum absolute atomic E-state index is 0.0144. The first-order chi connectivity index (χ1) is 15.7. The van der Waals surface area contributed by atoms with Crippen molar-refractivity contribution in [2.75, 3.05) is 41.7 Å². The number of halogens is 1. The van der Waals surface area contributed by atoms with Crippen molar-refractivity contribution in [3.63, 3.8) is 0 Å². The van der Waals surface area contributed by atoms with Crippen LogP contribution in [-0.4, -0.2) is 63.1 Å². The van der Waals surface area contributed by atoms with E-state index in [1.54, 1.807) is 50.6 Å². The monoisotopic (exact) mass is 509 g/mol. The van der Waals surface area contributed by atoms with Crippen molar-refractivity contribution in [1.29, 1.82) is 0 Å². The Kier molecular flexibility index (Phi) is 6.78. The fourth-order valence-corrected chi connectivity index (χ4v) is 6.89. The second-order valence-electron chi connectivity index (χ2n) is 7.78. The molecule has 0 radical (unpaired) electrons. The van der Waals surface area contributed by atoms with E-state index in [2.05, 4.69) is 10.3 Å². The molecule has 11 heteroatoms. The lowest BCUT2D eigenvalue weighted by atomic mass is 10.1. The number of ether oxygens (including phenoxy) is 2. The maximum Gasteiger partial charge on any atom is 0.234 e. The van der Waals surface area contributed by atoms with E-state index in [0.29, 0.717) is 33.1 Å². The van der Waals surface area contributed by atoms with Crippen LogP contribution in [0.1, 0.15) is 5.56 Å². The van der Waals surface area contributed by atoms with Crippen LogP contribution < -0.4 is 19.7 Å². The Morgan fingerprint density at radius 3 is 2.76 bits per heavy atom. The third kappa shape index (κ3) is 4.92. The molecule has 2 aromatic rings. The van der Waals surface area contributed by atoms with Crippen LogP contribution in [0.2, 0.25) is 5.02 Å². The molecule has 0 unspecified atom stereocenters. The fourth-order valence-electron chi connectivity index (χ4n) is 3.96. The van der Waals surface area contributed by atoms with Gasteiger partial charge in [0.1, 0.15) is 11.5 Å². The first-order valence-electron chi connectivity index (χ1n) is 10.2. The number of carbonyl (C=O) groups is 1. The Balaban J connectivity index is 1.58. The normalized spacial score (nSPS) is 20.8. The maximum absolute atomic E-state index is 12.7. The van der Waals surface area contributed by atoms with Gasteiger partial charge in [-0.3, -0.25) is 9.79 Å². The summed E-state index contributed by atoms with van der Waals surface area (Å²) in [6.07, 6.45) is 0. The maximum atomic E-state index is 12.7. The molecule has 0 saturated carbocycles. The van der Waals surface area contributed by atoms with E-state index in [1.165, 1.54) is 11.8 Å². The lowest BCUT2D eigenvalue weighted by Crippen LogP contribution is -2.39. The van der Waals surface area contributed by atoms with Crippen LogP contribution in [0, 0.1) is 6.92 Å². The number of methoxy groups -OCH3 is 2. The zero-order valence-corrected chi connectivity index (χ0v) is 20.8. The lowest BCUT2D eigenvalue weighted by molar-refractivity contribution is -0.113. The number of sulfone groups is 1. The SMILES string of the molecule is COc1ccc(OC)c(N2C(SCC(=O)Nc3cccc(Cl)c3C)=N[C@@H]3CS(=O)(=O)C[C@H]32)c1. The molecule has 0 bridgehead atoms. The van der Waals surface area contributed by atoms with Gasteiger partial charge in [-0.05, 0) is 36.8 Å². The minimum atomic E-state index is -3.21. The topological polar surface area (TPSA) is 97.3 Å². The number of nitrogens with one attached hydrogen (secondary N) is 1. The number of amidine groups is 1. The lowest BCUT2D eigenvalue weighted by Gasteiger charge is -2.28. The van der Waals surface area contributed by atoms with Gasteiger partial charge in [-0.2, -0.15) is 0 Å². The molecule has 33 heavy (non-hydrogen) atoms. The van der Waals surface area contributed by atoms with Gasteiger partial charge in [-0.25, -0.2) is 8.42 Å². The number of benzene rings is 2. The highest BCUT2D eigenvalue weighted by Gasteiger charge is 2.48. The summed E-state index contributed by atoms with van der Waals surface area (Å²) in [6.45, 7) is 1.84. The van der Waals surface area contributed by atoms with E-state index in [-0.39, 0.29) is 29.2 Å². The number of rotatable bonds is 6. The molecule has 0 aromatic heterocycles. The first kappa shape index (κ1) is 23.7. The molecule has 2 heterocycles. The molecule has 1 saturated heterocycles. The number of fused-ring (bicyclic) bond motifs is 1. The highest BCUT2D eigenvalue weighted by molar-refractivity contribution is 8.14. The van der Waals surface area contributed by atoms with Crippen molar-refractivity contribution in [2.24, 2.45) is 4.99 Å². The molecule has 4 rings (SSSR count). The highest BCUT2D eigenvalue weighted by Crippen LogP contribution is 2.41. The van der Waals surface area contributed by atoms with E-state index < -0.39 is 15.9 Å². The summed E-state index contributed by atoms with van der Waals surface area (Å²) >= 11 is 7.40. The zero-order valence-electron chi connectivity index (χ0n) is 18.4. The van der Waals surface area contributed by atoms with E-state index in [0.717, 1.165) is 5.56 Å². The van der Waals surface area contributed by atoms with Gasteiger partial charge >= 0.3 is 0 Å². The number of carbonyl (C=O) groups excluding carboxylic acids is 1. The second kappa shape index (κ2) is 9.44. The van der Waals surface area contributed by atoms with Gasteiger partial charge in [-0.1, -0.05) is 29.4 Å².